The van der Waals surface area contributed by atoms with Gasteiger partial charge < -0.3 is 14.9 Å². The van der Waals surface area contributed by atoms with E-state index in [2.05, 4.69) is 10.5 Å². The highest BCUT2D eigenvalue weighted by Gasteiger charge is 2.23. The molecule has 0 aliphatic heterocycles. The first-order valence-electron chi connectivity index (χ1n) is 12.5. The molecule has 0 bridgehead atoms. The van der Waals surface area contributed by atoms with E-state index in [1.165, 1.54) is 29.7 Å². The van der Waals surface area contributed by atoms with Crippen LogP contribution >= 0.6 is 11.3 Å². The SMILES string of the molecule is C[C@H](NC(=O)c1cc(-c2cnoc2)cc2scc(C(=O)c3ccc4ccccc4c3)c12)c1ccc(C(=O)O)cc1. The van der Waals surface area contributed by atoms with E-state index in [-0.39, 0.29) is 17.3 Å². The summed E-state index contributed by atoms with van der Waals surface area (Å²) >= 11 is 1.40. The molecule has 8 heteroatoms. The highest BCUT2D eigenvalue weighted by atomic mass is 32.1. The molecule has 0 spiro atoms. The Labute approximate surface area is 232 Å². The summed E-state index contributed by atoms with van der Waals surface area (Å²) in [6.45, 7) is 1.82. The Bertz CT molecular complexity index is 1910. The summed E-state index contributed by atoms with van der Waals surface area (Å²) in [6, 6.07) is 23.1. The van der Waals surface area contributed by atoms with Gasteiger partial charge in [0.05, 0.1) is 17.8 Å². The number of benzene rings is 4. The largest absolute Gasteiger partial charge is 0.478 e. The lowest BCUT2D eigenvalue weighted by atomic mass is 9.95. The number of amides is 1. The maximum atomic E-state index is 13.8. The van der Waals surface area contributed by atoms with Crippen molar-refractivity contribution in [3.05, 3.63) is 125 Å². The quantitative estimate of drug-likeness (QED) is 0.206. The lowest BCUT2D eigenvalue weighted by Gasteiger charge is -2.16. The first kappa shape index (κ1) is 25.2. The van der Waals surface area contributed by atoms with E-state index in [4.69, 9.17) is 4.52 Å². The van der Waals surface area contributed by atoms with Crippen LogP contribution in [0.2, 0.25) is 0 Å². The molecule has 196 valence electrons. The second kappa shape index (κ2) is 10.2. The van der Waals surface area contributed by atoms with E-state index in [1.807, 2.05) is 55.5 Å². The smallest absolute Gasteiger partial charge is 0.335 e. The van der Waals surface area contributed by atoms with Crippen LogP contribution in [0.15, 0.2) is 101 Å². The fraction of sp³-hybridized carbons (Fsp3) is 0.0625. The van der Waals surface area contributed by atoms with E-state index in [0.29, 0.717) is 27.6 Å². The summed E-state index contributed by atoms with van der Waals surface area (Å²) in [5.74, 6) is -1.54. The topological polar surface area (TPSA) is 110 Å². The normalized spacial score (nSPS) is 11.9. The van der Waals surface area contributed by atoms with E-state index in [1.54, 1.807) is 29.8 Å². The standard InChI is InChI=1S/C32H22N2O5S/c1-18(19-6-9-21(10-7-19)32(37)38)34-31(36)26-13-24(25-15-33-39-16-25)14-28-29(26)27(17-40-28)30(35)23-11-8-20-4-2-3-5-22(20)12-23/h2-18H,1H3,(H,34,36)(H,37,38)/t18-/m0/s1. The van der Waals surface area contributed by atoms with Crippen LogP contribution in [0.3, 0.4) is 0 Å². The molecule has 0 radical (unpaired) electrons. The van der Waals surface area contributed by atoms with Gasteiger partial charge in [-0.3, -0.25) is 9.59 Å². The fourth-order valence-electron chi connectivity index (χ4n) is 4.79. The molecule has 6 rings (SSSR count). The van der Waals surface area contributed by atoms with Crippen LogP contribution in [-0.4, -0.2) is 27.9 Å². The Kier molecular flexibility index (Phi) is 6.45. The number of rotatable bonds is 7. The molecule has 7 nitrogen and oxygen atoms in total. The predicted molar refractivity (Wildman–Crippen MR) is 154 cm³/mol. The van der Waals surface area contributed by atoms with E-state index in [0.717, 1.165) is 26.6 Å². The Hall–Kier alpha value is -5.08. The van der Waals surface area contributed by atoms with Gasteiger partial charge in [-0.15, -0.1) is 11.3 Å². The van der Waals surface area contributed by atoms with Crippen molar-refractivity contribution in [2.75, 3.05) is 0 Å². The van der Waals surface area contributed by atoms with Crippen molar-refractivity contribution in [3.63, 3.8) is 0 Å². The summed E-state index contributed by atoms with van der Waals surface area (Å²) in [5.41, 5.74) is 3.72. The number of carbonyl (C=O) groups excluding carboxylic acids is 2. The number of fused-ring (bicyclic) bond motifs is 2. The third-order valence-corrected chi connectivity index (χ3v) is 7.88. The Balaban J connectivity index is 1.41. The molecule has 0 unspecified atom stereocenters. The van der Waals surface area contributed by atoms with Crippen molar-refractivity contribution in [1.82, 2.24) is 10.5 Å². The molecule has 40 heavy (non-hydrogen) atoms. The lowest BCUT2D eigenvalue weighted by Crippen LogP contribution is -2.27. The number of carboxylic acid groups (broad SMARTS) is 1. The minimum atomic E-state index is -1.02. The second-order valence-electron chi connectivity index (χ2n) is 9.47. The number of carbonyl (C=O) groups is 3. The molecule has 0 aliphatic carbocycles. The van der Waals surface area contributed by atoms with Crippen LogP contribution < -0.4 is 5.32 Å². The Morgan fingerprint density at radius 2 is 1.62 bits per heavy atom. The van der Waals surface area contributed by atoms with Crippen LogP contribution in [0.25, 0.3) is 32.0 Å². The number of thiophene rings is 1. The maximum Gasteiger partial charge on any atom is 0.335 e. The number of nitrogens with zero attached hydrogens (tertiary/aromatic N) is 1. The molecule has 0 aliphatic rings. The van der Waals surface area contributed by atoms with Crippen molar-refractivity contribution >= 4 is 49.9 Å². The van der Waals surface area contributed by atoms with Crippen molar-refractivity contribution in [1.29, 1.82) is 0 Å². The minimum absolute atomic E-state index is 0.166. The zero-order chi connectivity index (χ0) is 27.8. The van der Waals surface area contributed by atoms with Crippen LogP contribution in [0.1, 0.15) is 55.2 Å². The zero-order valence-electron chi connectivity index (χ0n) is 21.3. The molecule has 6 aromatic rings. The molecule has 2 aromatic heterocycles. The molecular formula is C32H22N2O5S. The number of hydrogen-bond donors (Lipinski definition) is 2. The third-order valence-electron chi connectivity index (χ3n) is 6.95. The first-order chi connectivity index (χ1) is 19.4. The van der Waals surface area contributed by atoms with Gasteiger partial charge in [0.15, 0.2) is 5.78 Å². The summed E-state index contributed by atoms with van der Waals surface area (Å²) in [4.78, 5) is 38.8. The lowest BCUT2D eigenvalue weighted by molar-refractivity contribution is 0.0696. The summed E-state index contributed by atoms with van der Waals surface area (Å²) in [7, 11) is 0. The van der Waals surface area contributed by atoms with Crippen LogP contribution in [-0.2, 0) is 0 Å². The minimum Gasteiger partial charge on any atom is -0.478 e. The van der Waals surface area contributed by atoms with E-state index < -0.39 is 12.0 Å². The van der Waals surface area contributed by atoms with Gasteiger partial charge >= 0.3 is 5.97 Å². The Morgan fingerprint density at radius 1 is 0.875 bits per heavy atom. The van der Waals surface area contributed by atoms with Gasteiger partial charge in [0.25, 0.3) is 5.91 Å². The van der Waals surface area contributed by atoms with Crippen molar-refractivity contribution in [2.24, 2.45) is 0 Å². The highest BCUT2D eigenvalue weighted by molar-refractivity contribution is 7.17. The molecule has 0 saturated heterocycles. The first-order valence-corrected chi connectivity index (χ1v) is 13.4. The van der Waals surface area contributed by atoms with Gasteiger partial charge in [-0.25, -0.2) is 4.79 Å². The maximum absolute atomic E-state index is 13.8. The van der Waals surface area contributed by atoms with Gasteiger partial charge in [0.1, 0.15) is 6.26 Å². The number of hydrogen-bond acceptors (Lipinski definition) is 6. The molecule has 0 fully saturated rings. The molecule has 4 aromatic carbocycles. The predicted octanol–water partition coefficient (Wildman–Crippen LogP) is 7.13. The fourth-order valence-corrected chi connectivity index (χ4v) is 5.79. The molecule has 1 atom stereocenters. The number of carboxylic acids is 1. The van der Waals surface area contributed by atoms with Crippen molar-refractivity contribution < 1.29 is 24.0 Å². The summed E-state index contributed by atoms with van der Waals surface area (Å²) in [6.07, 6.45) is 3.08. The van der Waals surface area contributed by atoms with Gasteiger partial charge in [-0.1, -0.05) is 53.7 Å². The Morgan fingerprint density at radius 3 is 2.35 bits per heavy atom. The molecular weight excluding hydrogens is 524 g/mol. The van der Waals surface area contributed by atoms with E-state index in [9.17, 15) is 19.5 Å². The van der Waals surface area contributed by atoms with Crippen molar-refractivity contribution in [3.8, 4) is 11.1 Å². The number of nitrogens with one attached hydrogen (secondary N) is 1. The average molecular weight is 547 g/mol. The average Bonchev–Trinajstić information content (AvgIpc) is 3.67. The van der Waals surface area contributed by atoms with E-state index >= 15 is 0 Å². The molecule has 2 heterocycles. The summed E-state index contributed by atoms with van der Waals surface area (Å²) < 4.78 is 5.81. The van der Waals surface area contributed by atoms with Gasteiger partial charge in [-0.2, -0.15) is 0 Å². The zero-order valence-corrected chi connectivity index (χ0v) is 22.1. The monoisotopic (exact) mass is 546 g/mol. The highest BCUT2D eigenvalue weighted by Crippen LogP contribution is 2.36. The summed E-state index contributed by atoms with van der Waals surface area (Å²) in [5, 5.41) is 20.4. The molecule has 2 N–H and O–H groups in total. The van der Waals surface area contributed by atoms with Crippen LogP contribution in [0.5, 0.6) is 0 Å². The second-order valence-corrected chi connectivity index (χ2v) is 10.4. The molecule has 0 saturated carbocycles. The van der Waals surface area contributed by atoms with Gasteiger partial charge in [0, 0.05) is 37.7 Å². The number of aromatic nitrogens is 1. The van der Waals surface area contributed by atoms with Crippen LogP contribution in [0.4, 0.5) is 0 Å². The van der Waals surface area contributed by atoms with Crippen molar-refractivity contribution in [2.45, 2.75) is 13.0 Å². The third kappa shape index (κ3) is 4.65. The van der Waals surface area contributed by atoms with Crippen LogP contribution in [0, 0.1) is 0 Å². The molecule has 1 amide bonds. The number of aromatic carboxylic acids is 1. The van der Waals surface area contributed by atoms with Gasteiger partial charge in [-0.05, 0) is 59.2 Å². The number of ketones is 1. The van der Waals surface area contributed by atoms with Gasteiger partial charge in [0.2, 0.25) is 0 Å².